The summed E-state index contributed by atoms with van der Waals surface area (Å²) in [7, 11) is 1.78. The van der Waals surface area contributed by atoms with Crippen LogP contribution in [-0.4, -0.2) is 13.3 Å². The molecule has 0 spiro atoms. The van der Waals surface area contributed by atoms with Crippen LogP contribution in [0.1, 0.15) is 19.8 Å². The van der Waals surface area contributed by atoms with Crippen molar-refractivity contribution in [3.05, 3.63) is 12.2 Å². The molecule has 1 nitrogen and oxygen atoms in total. The quantitative estimate of drug-likeness (QED) is 0.390. The second-order valence-electron chi connectivity index (χ2n) is 1.75. The summed E-state index contributed by atoms with van der Waals surface area (Å²) in [6.07, 6.45) is 3.88. The van der Waals surface area contributed by atoms with Crippen LogP contribution in [0.3, 0.4) is 0 Å². The molecule has 0 aliphatic carbocycles. The van der Waals surface area contributed by atoms with E-state index in [0.717, 1.165) is 12.8 Å². The van der Waals surface area contributed by atoms with Gasteiger partial charge in [-0.25, -0.2) is 0 Å². The normalized spacial score (nSPS) is 10.2. The first-order chi connectivity index (χ1) is 3.81. The number of hydrogen-bond donors (Lipinski definition) is 0. The first-order valence-corrected chi connectivity index (χ1v) is 2.88. The van der Waals surface area contributed by atoms with Gasteiger partial charge in [0.05, 0.1) is 0 Å². The number of rotatable bonds is 3. The second kappa shape index (κ2) is 4.57. The number of nitrogens with zero attached hydrogens (tertiary/aromatic N) is 1. The molecule has 0 radical (unpaired) electrons. The van der Waals surface area contributed by atoms with Crippen LogP contribution in [0, 0.1) is 0 Å². The van der Waals surface area contributed by atoms with Crippen LogP contribution >= 0.6 is 0 Å². The number of allylic oxidation sites excluding steroid dienone is 1. The van der Waals surface area contributed by atoms with Crippen molar-refractivity contribution in [2.45, 2.75) is 19.8 Å². The van der Waals surface area contributed by atoms with Crippen LogP contribution in [-0.2, 0) is 0 Å². The van der Waals surface area contributed by atoms with E-state index in [4.69, 9.17) is 0 Å². The van der Waals surface area contributed by atoms with Crippen LogP contribution in [0.15, 0.2) is 17.1 Å². The van der Waals surface area contributed by atoms with Gasteiger partial charge < -0.3 is 4.99 Å². The molecule has 0 saturated carbocycles. The molecule has 1 heteroatoms. The monoisotopic (exact) mass is 111 g/mol. The average molecular weight is 111 g/mol. The molecule has 0 fully saturated rings. The molecule has 8 heavy (non-hydrogen) atoms. The molecule has 0 aromatic heterocycles. The molecule has 0 saturated heterocycles. The summed E-state index contributed by atoms with van der Waals surface area (Å²) in [4.78, 5) is 3.84. The van der Waals surface area contributed by atoms with Gasteiger partial charge >= 0.3 is 0 Å². The van der Waals surface area contributed by atoms with E-state index in [1.165, 1.54) is 5.57 Å². The zero-order valence-electron chi connectivity index (χ0n) is 5.65. The van der Waals surface area contributed by atoms with Gasteiger partial charge in [-0.05, 0) is 6.42 Å². The Morgan fingerprint density at radius 1 is 1.75 bits per heavy atom. The second-order valence-corrected chi connectivity index (χ2v) is 1.75. The van der Waals surface area contributed by atoms with E-state index in [1.807, 2.05) is 6.21 Å². The molecule has 0 heterocycles. The lowest BCUT2D eigenvalue weighted by Crippen LogP contribution is -1.78. The molecule has 0 atom stereocenters. The van der Waals surface area contributed by atoms with Gasteiger partial charge in [-0.1, -0.05) is 19.1 Å². The zero-order chi connectivity index (χ0) is 6.41. The maximum atomic E-state index is 3.84. The molecular formula is C7H13N. The highest BCUT2D eigenvalue weighted by molar-refractivity contribution is 5.60. The molecule has 0 bridgehead atoms. The first-order valence-electron chi connectivity index (χ1n) is 2.88. The molecule has 0 aromatic rings. The van der Waals surface area contributed by atoms with E-state index >= 15 is 0 Å². The summed E-state index contributed by atoms with van der Waals surface area (Å²) in [5.74, 6) is 0. The summed E-state index contributed by atoms with van der Waals surface area (Å²) in [6.45, 7) is 5.92. The van der Waals surface area contributed by atoms with E-state index < -0.39 is 0 Å². The van der Waals surface area contributed by atoms with E-state index in [9.17, 15) is 0 Å². The minimum Gasteiger partial charge on any atom is -0.301 e. The molecule has 0 amide bonds. The van der Waals surface area contributed by atoms with Gasteiger partial charge in [0, 0.05) is 19.7 Å². The van der Waals surface area contributed by atoms with Crippen molar-refractivity contribution in [1.82, 2.24) is 0 Å². The molecular weight excluding hydrogens is 98.1 g/mol. The standard InChI is InChI=1S/C7H13N/c1-4-7(2)5-6-8-3/h6H,2,4-5H2,1,3H3. The Morgan fingerprint density at radius 2 is 2.38 bits per heavy atom. The molecule has 46 valence electrons. The molecule has 0 aliphatic rings. The third-order valence-electron chi connectivity index (χ3n) is 1.06. The van der Waals surface area contributed by atoms with Gasteiger partial charge in [-0.2, -0.15) is 0 Å². The summed E-state index contributed by atoms with van der Waals surface area (Å²) in [5, 5.41) is 0. The Bertz CT molecular complexity index is 92.6. The van der Waals surface area contributed by atoms with Crippen molar-refractivity contribution in [1.29, 1.82) is 0 Å². The van der Waals surface area contributed by atoms with Crippen molar-refractivity contribution < 1.29 is 0 Å². The van der Waals surface area contributed by atoms with E-state index in [0.29, 0.717) is 0 Å². The minimum absolute atomic E-state index is 0.938. The predicted molar refractivity (Wildman–Crippen MR) is 38.5 cm³/mol. The fourth-order valence-electron chi connectivity index (χ4n) is 0.365. The lowest BCUT2D eigenvalue weighted by atomic mass is 10.2. The predicted octanol–water partition coefficient (Wildman–Crippen LogP) is 2.04. The van der Waals surface area contributed by atoms with Crippen LogP contribution in [0.5, 0.6) is 0 Å². The highest BCUT2D eigenvalue weighted by atomic mass is 14.6. The van der Waals surface area contributed by atoms with Crippen LogP contribution in [0.4, 0.5) is 0 Å². The number of aliphatic imine (C=N–C) groups is 1. The fraction of sp³-hybridized carbons (Fsp3) is 0.571. The van der Waals surface area contributed by atoms with Gasteiger partial charge in [-0.15, -0.1) is 0 Å². The highest BCUT2D eigenvalue weighted by Crippen LogP contribution is 1.98. The molecule has 0 unspecified atom stereocenters. The first kappa shape index (κ1) is 7.41. The zero-order valence-corrected chi connectivity index (χ0v) is 5.65. The summed E-state index contributed by atoms with van der Waals surface area (Å²) in [5.41, 5.74) is 1.25. The third-order valence-corrected chi connectivity index (χ3v) is 1.06. The van der Waals surface area contributed by atoms with Gasteiger partial charge in [0.25, 0.3) is 0 Å². The van der Waals surface area contributed by atoms with Gasteiger partial charge in [-0.3, -0.25) is 0 Å². The van der Waals surface area contributed by atoms with E-state index in [1.54, 1.807) is 7.05 Å². The maximum absolute atomic E-state index is 3.84. The largest absolute Gasteiger partial charge is 0.301 e. The van der Waals surface area contributed by atoms with Crippen molar-refractivity contribution in [3.8, 4) is 0 Å². The Kier molecular flexibility index (Phi) is 4.23. The minimum atomic E-state index is 0.938. The van der Waals surface area contributed by atoms with Gasteiger partial charge in [0.1, 0.15) is 0 Å². The summed E-state index contributed by atoms with van der Waals surface area (Å²) in [6, 6.07) is 0. The smallest absolute Gasteiger partial charge is 0.0273 e. The average Bonchev–Trinajstić information content (AvgIpc) is 1.83. The molecule has 0 aromatic carbocycles. The molecule has 0 rings (SSSR count). The number of hydrogen-bond acceptors (Lipinski definition) is 1. The summed E-state index contributed by atoms with van der Waals surface area (Å²) >= 11 is 0. The summed E-state index contributed by atoms with van der Waals surface area (Å²) < 4.78 is 0. The highest BCUT2D eigenvalue weighted by Gasteiger charge is 1.82. The molecule has 0 N–H and O–H groups in total. The van der Waals surface area contributed by atoms with Crippen LogP contribution in [0.2, 0.25) is 0 Å². The van der Waals surface area contributed by atoms with Crippen molar-refractivity contribution in [2.24, 2.45) is 4.99 Å². The lowest BCUT2D eigenvalue weighted by molar-refractivity contribution is 1.07. The maximum Gasteiger partial charge on any atom is 0.0273 e. The van der Waals surface area contributed by atoms with Gasteiger partial charge in [0.15, 0.2) is 0 Å². The van der Waals surface area contributed by atoms with Crippen molar-refractivity contribution >= 4 is 6.21 Å². The van der Waals surface area contributed by atoms with Crippen molar-refractivity contribution in [2.75, 3.05) is 7.05 Å². The third kappa shape index (κ3) is 3.59. The Balaban J connectivity index is 3.25. The van der Waals surface area contributed by atoms with Crippen LogP contribution in [0.25, 0.3) is 0 Å². The van der Waals surface area contributed by atoms with E-state index in [-0.39, 0.29) is 0 Å². The van der Waals surface area contributed by atoms with Crippen LogP contribution < -0.4 is 0 Å². The fourth-order valence-corrected chi connectivity index (χ4v) is 0.365. The van der Waals surface area contributed by atoms with E-state index in [2.05, 4.69) is 18.5 Å². The Morgan fingerprint density at radius 3 is 2.75 bits per heavy atom. The van der Waals surface area contributed by atoms with Crippen molar-refractivity contribution in [3.63, 3.8) is 0 Å². The SMILES string of the molecule is C=C(CC)CC=NC. The topological polar surface area (TPSA) is 12.4 Å². The lowest BCUT2D eigenvalue weighted by Gasteiger charge is -1.91. The molecule has 0 aliphatic heterocycles. The Labute approximate surface area is 51.1 Å². The Hall–Kier alpha value is -0.590. The van der Waals surface area contributed by atoms with Gasteiger partial charge in [0.2, 0.25) is 0 Å².